The van der Waals surface area contributed by atoms with E-state index in [2.05, 4.69) is 10.6 Å². The monoisotopic (exact) mass is 359 g/mol. The number of anilines is 2. The predicted octanol–water partition coefficient (Wildman–Crippen LogP) is 3.34. The second kappa shape index (κ2) is 6.84. The first-order valence-electron chi connectivity index (χ1n) is 8.45. The Hall–Kier alpha value is -3.80. The van der Waals surface area contributed by atoms with Crippen LogP contribution in [0.1, 0.15) is 32.4 Å². The van der Waals surface area contributed by atoms with E-state index in [-0.39, 0.29) is 5.91 Å². The third kappa shape index (κ3) is 3.32. The van der Waals surface area contributed by atoms with Gasteiger partial charge in [0.15, 0.2) is 0 Å². The van der Waals surface area contributed by atoms with Crippen molar-refractivity contribution in [3.05, 3.63) is 89.5 Å². The smallest absolute Gasteiger partial charge is 0.343 e. The van der Waals surface area contributed by atoms with Gasteiger partial charge in [-0.2, -0.15) is 0 Å². The van der Waals surface area contributed by atoms with Crippen LogP contribution in [0.5, 0.6) is 5.75 Å². The van der Waals surface area contributed by atoms with E-state index in [4.69, 9.17) is 10.5 Å². The SMILES string of the molecule is Nc1ccc(C(=O)Oc2ccccc2C2NC(=O)c3ccccc3N2)cc1. The van der Waals surface area contributed by atoms with Crippen molar-refractivity contribution in [3.8, 4) is 5.75 Å². The van der Waals surface area contributed by atoms with Crippen LogP contribution in [0.4, 0.5) is 11.4 Å². The lowest BCUT2D eigenvalue weighted by Gasteiger charge is -2.29. The van der Waals surface area contributed by atoms with Gasteiger partial charge in [-0.1, -0.05) is 30.3 Å². The molecule has 0 aromatic heterocycles. The molecule has 27 heavy (non-hydrogen) atoms. The maximum absolute atomic E-state index is 12.5. The molecule has 1 unspecified atom stereocenters. The van der Waals surface area contributed by atoms with E-state index in [1.807, 2.05) is 24.3 Å². The molecule has 0 fully saturated rings. The Morgan fingerprint density at radius 1 is 0.889 bits per heavy atom. The highest BCUT2D eigenvalue weighted by Crippen LogP contribution is 2.31. The van der Waals surface area contributed by atoms with E-state index in [1.165, 1.54) is 0 Å². The number of hydrogen-bond donors (Lipinski definition) is 3. The average molecular weight is 359 g/mol. The second-order valence-electron chi connectivity index (χ2n) is 6.15. The molecule has 1 aliphatic heterocycles. The minimum absolute atomic E-state index is 0.186. The van der Waals surface area contributed by atoms with Crippen LogP contribution in [0.15, 0.2) is 72.8 Å². The van der Waals surface area contributed by atoms with E-state index in [0.717, 1.165) is 5.69 Å². The van der Waals surface area contributed by atoms with Gasteiger partial charge in [0, 0.05) is 16.9 Å². The number of fused-ring (bicyclic) bond motifs is 1. The molecule has 0 radical (unpaired) electrons. The average Bonchev–Trinajstić information content (AvgIpc) is 2.69. The number of esters is 1. The summed E-state index contributed by atoms with van der Waals surface area (Å²) in [6, 6.07) is 20.8. The molecule has 1 aliphatic rings. The van der Waals surface area contributed by atoms with Crippen molar-refractivity contribution in [3.63, 3.8) is 0 Å². The van der Waals surface area contributed by atoms with Crippen LogP contribution in [-0.4, -0.2) is 11.9 Å². The van der Waals surface area contributed by atoms with Crippen LogP contribution >= 0.6 is 0 Å². The van der Waals surface area contributed by atoms with E-state index in [1.54, 1.807) is 48.5 Å². The van der Waals surface area contributed by atoms with Gasteiger partial charge in [-0.3, -0.25) is 4.79 Å². The van der Waals surface area contributed by atoms with Gasteiger partial charge in [0.05, 0.1) is 11.1 Å². The van der Waals surface area contributed by atoms with Gasteiger partial charge in [-0.05, 0) is 42.5 Å². The van der Waals surface area contributed by atoms with Crippen molar-refractivity contribution in [2.45, 2.75) is 6.17 Å². The van der Waals surface area contributed by atoms with Crippen molar-refractivity contribution in [1.82, 2.24) is 5.32 Å². The van der Waals surface area contributed by atoms with E-state index in [9.17, 15) is 9.59 Å². The molecule has 0 saturated heterocycles. The first-order valence-corrected chi connectivity index (χ1v) is 8.45. The van der Waals surface area contributed by atoms with Gasteiger partial charge in [-0.15, -0.1) is 0 Å². The second-order valence-corrected chi connectivity index (χ2v) is 6.15. The summed E-state index contributed by atoms with van der Waals surface area (Å²) < 4.78 is 5.58. The maximum atomic E-state index is 12.5. The van der Waals surface area contributed by atoms with Gasteiger partial charge >= 0.3 is 5.97 Å². The van der Waals surface area contributed by atoms with Gasteiger partial charge in [-0.25, -0.2) is 4.79 Å². The first kappa shape index (κ1) is 16.7. The quantitative estimate of drug-likeness (QED) is 0.379. The zero-order valence-electron chi connectivity index (χ0n) is 14.3. The third-order valence-electron chi connectivity index (χ3n) is 4.33. The van der Waals surface area contributed by atoms with E-state index in [0.29, 0.717) is 28.1 Å². The van der Waals surface area contributed by atoms with Crippen molar-refractivity contribution in [2.24, 2.45) is 0 Å². The van der Waals surface area contributed by atoms with Gasteiger partial charge in [0.1, 0.15) is 11.9 Å². The van der Waals surface area contributed by atoms with Crippen molar-refractivity contribution in [2.75, 3.05) is 11.1 Å². The van der Waals surface area contributed by atoms with Gasteiger partial charge in [0.2, 0.25) is 0 Å². The molecule has 1 heterocycles. The lowest BCUT2D eigenvalue weighted by atomic mass is 10.1. The van der Waals surface area contributed by atoms with Crippen molar-refractivity contribution < 1.29 is 14.3 Å². The molecule has 4 rings (SSSR count). The Bertz CT molecular complexity index is 1020. The third-order valence-corrected chi connectivity index (χ3v) is 4.33. The summed E-state index contributed by atoms with van der Waals surface area (Å²) in [5, 5.41) is 6.16. The van der Waals surface area contributed by atoms with Crippen LogP contribution < -0.4 is 21.1 Å². The molecular formula is C21H17N3O3. The molecule has 3 aromatic rings. The first-order chi connectivity index (χ1) is 13.1. The number of para-hydroxylation sites is 2. The number of benzene rings is 3. The lowest BCUT2D eigenvalue weighted by molar-refractivity contribution is 0.0732. The zero-order chi connectivity index (χ0) is 18.8. The maximum Gasteiger partial charge on any atom is 0.343 e. The molecule has 6 nitrogen and oxygen atoms in total. The molecule has 1 atom stereocenters. The molecule has 134 valence electrons. The summed E-state index contributed by atoms with van der Waals surface area (Å²) in [5.74, 6) is -0.310. The Morgan fingerprint density at radius 3 is 2.41 bits per heavy atom. The minimum Gasteiger partial charge on any atom is -0.422 e. The molecule has 4 N–H and O–H groups in total. The van der Waals surface area contributed by atoms with Crippen LogP contribution in [-0.2, 0) is 0 Å². The fraction of sp³-hybridized carbons (Fsp3) is 0.0476. The van der Waals surface area contributed by atoms with Crippen LogP contribution in [0, 0.1) is 0 Å². The molecule has 6 heteroatoms. The highest BCUT2D eigenvalue weighted by atomic mass is 16.5. The summed E-state index contributed by atoms with van der Waals surface area (Å²) in [5.41, 5.74) is 8.57. The summed E-state index contributed by atoms with van der Waals surface area (Å²) in [7, 11) is 0. The number of nitrogens with two attached hydrogens (primary N) is 1. The largest absolute Gasteiger partial charge is 0.422 e. The number of ether oxygens (including phenoxy) is 1. The normalized spacial score (nSPS) is 15.3. The number of hydrogen-bond acceptors (Lipinski definition) is 5. The highest BCUT2D eigenvalue weighted by molar-refractivity contribution is 6.01. The molecule has 0 saturated carbocycles. The summed E-state index contributed by atoms with van der Waals surface area (Å²) in [6.45, 7) is 0. The van der Waals surface area contributed by atoms with Crippen LogP contribution in [0.2, 0.25) is 0 Å². The number of carbonyl (C=O) groups excluding carboxylic acids is 2. The molecule has 0 aliphatic carbocycles. The number of rotatable bonds is 3. The Morgan fingerprint density at radius 2 is 1.59 bits per heavy atom. The predicted molar refractivity (Wildman–Crippen MR) is 103 cm³/mol. The summed E-state index contributed by atoms with van der Waals surface area (Å²) in [4.78, 5) is 24.8. The molecular weight excluding hydrogens is 342 g/mol. The number of nitrogens with one attached hydrogen (secondary N) is 2. The molecule has 3 aromatic carbocycles. The standard InChI is InChI=1S/C21H17N3O3/c22-14-11-9-13(10-12-14)21(26)27-18-8-4-2-6-16(18)19-23-17-7-3-1-5-15(17)20(25)24-19/h1-12,19,23H,22H2,(H,24,25). The van der Waals surface area contributed by atoms with E-state index >= 15 is 0 Å². The fourth-order valence-corrected chi connectivity index (χ4v) is 2.95. The Kier molecular flexibility index (Phi) is 4.22. The summed E-state index contributed by atoms with van der Waals surface area (Å²) in [6.07, 6.45) is -0.511. The zero-order valence-corrected chi connectivity index (χ0v) is 14.3. The number of carbonyl (C=O) groups is 2. The Balaban J connectivity index is 1.61. The molecule has 0 bridgehead atoms. The van der Waals surface area contributed by atoms with Crippen LogP contribution in [0.3, 0.4) is 0 Å². The Labute approximate surface area is 156 Å². The molecule has 1 amide bonds. The van der Waals surface area contributed by atoms with Gasteiger partial charge in [0.25, 0.3) is 5.91 Å². The minimum atomic E-state index is -0.511. The highest BCUT2D eigenvalue weighted by Gasteiger charge is 2.26. The van der Waals surface area contributed by atoms with Crippen LogP contribution in [0.25, 0.3) is 0 Å². The number of amides is 1. The van der Waals surface area contributed by atoms with Gasteiger partial charge < -0.3 is 21.1 Å². The van der Waals surface area contributed by atoms with Crippen molar-refractivity contribution in [1.29, 1.82) is 0 Å². The van der Waals surface area contributed by atoms with E-state index < -0.39 is 12.1 Å². The fourth-order valence-electron chi connectivity index (χ4n) is 2.95. The molecule has 0 spiro atoms. The lowest BCUT2D eigenvalue weighted by Crippen LogP contribution is -2.38. The van der Waals surface area contributed by atoms with Crippen molar-refractivity contribution >= 4 is 23.3 Å². The topological polar surface area (TPSA) is 93.5 Å². The number of nitrogen functional groups attached to an aromatic ring is 1. The summed E-state index contributed by atoms with van der Waals surface area (Å²) >= 11 is 0.